The molecule has 0 aliphatic heterocycles. The molecule has 0 unspecified atom stereocenters. The minimum absolute atomic E-state index is 0. The quantitative estimate of drug-likeness (QED) is 0.0606. The zero-order chi connectivity index (χ0) is 29.4. The van der Waals surface area contributed by atoms with E-state index in [1.807, 2.05) is 20.4 Å². The molecule has 4 aromatic rings. The van der Waals surface area contributed by atoms with Crippen LogP contribution in [0.4, 0.5) is 23.8 Å². The Balaban J connectivity index is 0.000000280. The molecule has 0 fully saturated rings. The molecule has 0 aliphatic carbocycles. The van der Waals surface area contributed by atoms with Crippen LogP contribution in [0.25, 0.3) is 0 Å². The predicted molar refractivity (Wildman–Crippen MR) is 112 cm³/mol. The Kier molecular flexibility index (Phi) is 11.3. The minimum atomic E-state index is -2.25. The van der Waals surface area contributed by atoms with Gasteiger partial charge >= 0.3 is 111 Å². The van der Waals surface area contributed by atoms with Crippen LogP contribution >= 0.6 is 0 Å². The van der Waals surface area contributed by atoms with E-state index in [2.05, 4.69) is 58.9 Å². The van der Waals surface area contributed by atoms with E-state index in [1.54, 1.807) is 0 Å². The Morgan fingerprint density at radius 3 is 0.829 bits per heavy atom. The van der Waals surface area contributed by atoms with E-state index in [4.69, 9.17) is 0 Å². The Hall–Kier alpha value is -5.02. The number of nitrogens with zero attached hydrogens (tertiary/aromatic N) is 12. The van der Waals surface area contributed by atoms with Gasteiger partial charge in [-0.3, -0.25) is 0 Å². The Labute approximate surface area is 259 Å². The number of H-pyrrole nitrogens is 4. The predicted octanol–water partition coefficient (Wildman–Crippen LogP) is -5.30. The van der Waals surface area contributed by atoms with Crippen molar-refractivity contribution in [3.05, 3.63) is 40.5 Å². The summed E-state index contributed by atoms with van der Waals surface area (Å²) in [5, 5.41) is 84.0. The molecule has 30 nitrogen and oxygen atoms in total. The maximum absolute atomic E-state index is 11.3. The van der Waals surface area contributed by atoms with Crippen molar-refractivity contribution in [1.29, 1.82) is 0 Å². The van der Waals surface area contributed by atoms with E-state index in [-0.39, 0.29) is 48.9 Å². The largest absolute Gasteiger partial charge is 2.00 e. The van der Waals surface area contributed by atoms with Crippen molar-refractivity contribution in [3.63, 3.8) is 0 Å². The number of rotatable bonds is 12. The van der Waals surface area contributed by atoms with Crippen LogP contribution in [0.15, 0.2) is 0 Å². The molecule has 0 atom stereocenters. The van der Waals surface area contributed by atoms with E-state index < -0.39 is 82.2 Å². The summed E-state index contributed by atoms with van der Waals surface area (Å²) in [6, 6.07) is -2.26. The number of aromatic nitrogens is 12. The fourth-order valence-corrected chi connectivity index (χ4v) is 1.90. The number of hydrogen-bond acceptors (Lipinski definition) is 22. The van der Waals surface area contributed by atoms with Crippen molar-refractivity contribution < 1.29 is 48.4 Å². The van der Waals surface area contributed by atoms with E-state index in [0.717, 1.165) is 0 Å². The van der Waals surface area contributed by atoms with Crippen molar-refractivity contribution >= 4 is 87.3 Å². The van der Waals surface area contributed by atoms with E-state index in [9.17, 15) is 50.5 Å². The van der Waals surface area contributed by atoms with Crippen LogP contribution in [0, 0.1) is 40.5 Å². The van der Waals surface area contributed by atoms with Crippen molar-refractivity contribution in [3.8, 4) is 24.0 Å². The van der Waals surface area contributed by atoms with E-state index in [0.29, 0.717) is 0 Å². The molecular weight excluding hydrogens is 703 g/mol. The first-order chi connectivity index (χ1) is 18.9. The molecule has 4 heterocycles. The van der Waals surface area contributed by atoms with Crippen LogP contribution in [0.2, 0.25) is 0 Å². The summed E-state index contributed by atoms with van der Waals surface area (Å²) >= 11 is 0. The fourth-order valence-electron chi connectivity index (χ4n) is 1.90. The summed E-state index contributed by atoms with van der Waals surface area (Å²) in [4.78, 5) is 50.2. The van der Waals surface area contributed by atoms with E-state index in [1.165, 1.54) is 0 Å². The second-order valence-electron chi connectivity index (χ2n) is 5.84. The molecular formula is C8H4B2BaN16O14. The van der Waals surface area contributed by atoms with Gasteiger partial charge in [-0.25, -0.2) is 0 Å². The van der Waals surface area contributed by atoms with Gasteiger partial charge < -0.3 is 69.1 Å². The first-order valence-corrected chi connectivity index (χ1v) is 9.16. The molecule has 0 saturated carbocycles. The Morgan fingerprint density at radius 2 is 0.683 bits per heavy atom. The first-order valence-electron chi connectivity index (χ1n) is 9.16. The number of aromatic amines is 4. The smallest absolute Gasteiger partial charge is 0.808 e. The average molecular weight is 707 g/mol. The number of hydrogen-bond donors (Lipinski definition) is 4. The van der Waals surface area contributed by atoms with Crippen LogP contribution in [-0.2, 0) is 0 Å². The molecule has 208 valence electrons. The monoisotopic (exact) mass is 708 g/mol. The summed E-state index contributed by atoms with van der Waals surface area (Å²) < 4.78 is 17.8. The molecule has 33 heteroatoms. The van der Waals surface area contributed by atoms with Gasteiger partial charge in [0.1, 0.15) is 0 Å². The zero-order valence-corrected chi connectivity index (χ0v) is 23.4. The van der Waals surface area contributed by atoms with Gasteiger partial charge in [0.05, 0.1) is 0 Å². The molecule has 4 N–H and O–H groups in total. The summed E-state index contributed by atoms with van der Waals surface area (Å²) in [5.74, 6) is -3.21. The van der Waals surface area contributed by atoms with Gasteiger partial charge in [-0.1, -0.05) is 0 Å². The normalized spacial score (nSPS) is 9.80. The average Bonchev–Trinajstić information content (AvgIpc) is 3.67. The SMILES string of the molecule is O=[N+]([O-])c1n[nH]c(OB([O-])Oc2nc([N+](=O)[O-])n[nH]2)n1.O=[N+]([O-])c1n[nH]c(OB([O-])Oc2nc([N+](=O)[O-])n[nH]2)n1.[Ba+2]. The van der Waals surface area contributed by atoms with Crippen molar-refractivity contribution in [2.45, 2.75) is 0 Å². The van der Waals surface area contributed by atoms with Crippen LogP contribution < -0.4 is 28.7 Å². The van der Waals surface area contributed by atoms with Crippen LogP contribution in [0.1, 0.15) is 0 Å². The van der Waals surface area contributed by atoms with Gasteiger partial charge in [-0.15, -0.1) is 20.4 Å². The molecule has 0 spiro atoms. The molecule has 0 aliphatic rings. The van der Waals surface area contributed by atoms with Crippen LogP contribution in [0.5, 0.6) is 24.0 Å². The van der Waals surface area contributed by atoms with Crippen molar-refractivity contribution in [1.82, 2.24) is 60.7 Å². The van der Waals surface area contributed by atoms with Gasteiger partial charge in [0, 0.05) is 20.4 Å². The number of nitrogens with one attached hydrogen (secondary N) is 4. The van der Waals surface area contributed by atoms with Gasteiger partial charge in [-0.05, 0) is 39.6 Å². The third kappa shape index (κ3) is 9.59. The Morgan fingerprint density at radius 1 is 0.488 bits per heavy atom. The second kappa shape index (κ2) is 14.4. The molecule has 4 aromatic heterocycles. The fraction of sp³-hybridized carbons (Fsp3) is 0. The molecule has 41 heavy (non-hydrogen) atoms. The third-order valence-electron chi connectivity index (χ3n) is 3.30. The van der Waals surface area contributed by atoms with Gasteiger partial charge in [0.25, 0.3) is 0 Å². The molecule has 0 aromatic carbocycles. The summed E-state index contributed by atoms with van der Waals surface area (Å²) in [7, 11) is -4.51. The summed E-state index contributed by atoms with van der Waals surface area (Å²) in [5.41, 5.74) is 0. The topological polar surface area (TPSA) is 422 Å². The third-order valence-corrected chi connectivity index (χ3v) is 3.30. The molecule has 0 radical (unpaired) electrons. The zero-order valence-electron chi connectivity index (χ0n) is 18.9. The summed E-state index contributed by atoms with van der Waals surface area (Å²) in [6.45, 7) is 0. The summed E-state index contributed by atoms with van der Waals surface area (Å²) in [6.07, 6.45) is 0. The maximum Gasteiger partial charge on any atom is 2.00 e. The molecule has 4 rings (SSSR count). The van der Waals surface area contributed by atoms with E-state index >= 15 is 0 Å². The van der Waals surface area contributed by atoms with Gasteiger partial charge in [0.2, 0.25) is 0 Å². The molecule has 0 saturated heterocycles. The van der Waals surface area contributed by atoms with Gasteiger partial charge in [0.15, 0.2) is 0 Å². The van der Waals surface area contributed by atoms with Crippen molar-refractivity contribution in [2.24, 2.45) is 0 Å². The minimum Gasteiger partial charge on any atom is -0.808 e. The first kappa shape index (κ1) is 32.2. The van der Waals surface area contributed by atoms with Gasteiger partial charge in [-0.2, -0.15) is 0 Å². The van der Waals surface area contributed by atoms with Crippen LogP contribution in [-0.4, -0.2) is 144 Å². The molecule has 0 bridgehead atoms. The Bertz CT molecular complexity index is 1290. The number of nitro groups is 4. The standard InChI is InChI=1S/2C4H2BN8O7.Ba/c2*14-5(19-3-6-1(8-10-3)12(15)16)20-4-7-2(9-11-4)13(17)18;/h2*(H,6,8,10)(H,7,9,11);/q2*-1;+2. The second-order valence-corrected chi connectivity index (χ2v) is 5.84. The van der Waals surface area contributed by atoms with Crippen molar-refractivity contribution in [2.75, 3.05) is 0 Å². The van der Waals surface area contributed by atoms with Crippen LogP contribution in [0.3, 0.4) is 0 Å². The molecule has 0 amide bonds. The maximum atomic E-state index is 11.3.